The van der Waals surface area contributed by atoms with Crippen LogP contribution in [0.4, 0.5) is 5.13 Å². The van der Waals surface area contributed by atoms with Gasteiger partial charge in [0.1, 0.15) is 11.5 Å². The van der Waals surface area contributed by atoms with Crippen LogP contribution in [0.1, 0.15) is 5.69 Å². The molecule has 5 rings (SSSR count). The van der Waals surface area contributed by atoms with Gasteiger partial charge in [-0.1, -0.05) is 47.7 Å². The predicted molar refractivity (Wildman–Crippen MR) is 131 cm³/mol. The van der Waals surface area contributed by atoms with Gasteiger partial charge in [-0.3, -0.25) is 14.7 Å². The Kier molecular flexibility index (Phi) is 5.87. The molecule has 0 spiro atoms. The first kappa shape index (κ1) is 20.9. The van der Waals surface area contributed by atoms with E-state index in [2.05, 4.69) is 4.98 Å². The molecular formula is C26H21N3O3S. The number of anilines is 1. The predicted octanol–water partition coefficient (Wildman–Crippen LogP) is 5.47. The summed E-state index contributed by atoms with van der Waals surface area (Å²) in [5.41, 5.74) is 1.55. The van der Waals surface area contributed by atoms with E-state index in [0.717, 1.165) is 32.4 Å². The number of ether oxygens (including phenoxy) is 2. The van der Waals surface area contributed by atoms with E-state index in [1.165, 1.54) is 11.3 Å². The average Bonchev–Trinajstić information content (AvgIpc) is 3.29. The van der Waals surface area contributed by atoms with Crippen LogP contribution in [0.5, 0.6) is 11.5 Å². The number of methoxy groups -OCH3 is 1. The number of fused-ring (bicyclic) bond motifs is 2. The smallest absolute Gasteiger partial charge is 0.267 e. The highest BCUT2D eigenvalue weighted by atomic mass is 32.1. The van der Waals surface area contributed by atoms with Crippen molar-refractivity contribution in [2.45, 2.75) is 6.54 Å². The molecular weight excluding hydrogens is 434 g/mol. The summed E-state index contributed by atoms with van der Waals surface area (Å²) < 4.78 is 12.2. The van der Waals surface area contributed by atoms with Crippen molar-refractivity contribution in [1.82, 2.24) is 9.97 Å². The van der Waals surface area contributed by atoms with Crippen LogP contribution in [0.25, 0.3) is 21.0 Å². The van der Waals surface area contributed by atoms with Crippen LogP contribution >= 0.6 is 11.3 Å². The maximum Gasteiger partial charge on any atom is 0.267 e. The summed E-state index contributed by atoms with van der Waals surface area (Å²) in [5.74, 6) is 1.18. The normalized spacial score (nSPS) is 10.9. The summed E-state index contributed by atoms with van der Waals surface area (Å²) in [6.07, 6.45) is 1.72. The molecule has 0 fully saturated rings. The van der Waals surface area contributed by atoms with E-state index in [9.17, 15) is 4.79 Å². The number of carbonyl (C=O) groups excluding carboxylic acids is 1. The third-order valence-corrected chi connectivity index (χ3v) is 6.30. The van der Waals surface area contributed by atoms with Crippen LogP contribution < -0.4 is 14.4 Å². The monoisotopic (exact) mass is 455 g/mol. The first-order chi connectivity index (χ1) is 16.2. The Morgan fingerprint density at radius 1 is 0.939 bits per heavy atom. The minimum Gasteiger partial charge on any atom is -0.497 e. The molecule has 33 heavy (non-hydrogen) atoms. The molecule has 1 amide bonds. The van der Waals surface area contributed by atoms with Crippen LogP contribution in [0.2, 0.25) is 0 Å². The molecule has 0 unspecified atom stereocenters. The molecule has 0 saturated carbocycles. The minimum absolute atomic E-state index is 0.107. The number of hydrogen-bond donors (Lipinski definition) is 0. The molecule has 0 aliphatic carbocycles. The fourth-order valence-corrected chi connectivity index (χ4v) is 4.50. The SMILES string of the molecule is COc1ccc2sc(N(Cc3ccccn3)C(=O)COc3ccc4ccccc4c3)nc2c1. The summed E-state index contributed by atoms with van der Waals surface area (Å²) >= 11 is 1.45. The van der Waals surface area contributed by atoms with Crippen molar-refractivity contribution in [2.75, 3.05) is 18.6 Å². The van der Waals surface area contributed by atoms with Crippen molar-refractivity contribution >= 4 is 43.4 Å². The Hall–Kier alpha value is -3.97. The van der Waals surface area contributed by atoms with Crippen LogP contribution in [0.15, 0.2) is 85.1 Å². The number of nitrogens with zero attached hydrogens (tertiary/aromatic N) is 3. The molecule has 0 atom stereocenters. The van der Waals surface area contributed by atoms with E-state index in [0.29, 0.717) is 17.4 Å². The molecule has 0 aliphatic heterocycles. The Labute approximate surface area is 195 Å². The standard InChI is InChI=1S/C26H21N3O3S/c1-31-21-11-12-24-23(15-21)28-26(33-24)29(16-20-8-4-5-13-27-20)25(30)17-32-22-10-9-18-6-2-3-7-19(18)14-22/h2-15H,16-17H2,1H3. The number of carbonyl (C=O) groups is 1. The Bertz CT molecular complexity index is 1420. The lowest BCUT2D eigenvalue weighted by Crippen LogP contribution is -2.34. The number of thiazole rings is 1. The molecule has 0 bridgehead atoms. The maximum absolute atomic E-state index is 13.3. The number of benzene rings is 3. The van der Waals surface area contributed by atoms with E-state index >= 15 is 0 Å². The maximum atomic E-state index is 13.3. The van der Waals surface area contributed by atoms with Gasteiger partial charge in [0.15, 0.2) is 11.7 Å². The third kappa shape index (κ3) is 4.63. The van der Waals surface area contributed by atoms with E-state index in [1.54, 1.807) is 18.2 Å². The quantitative estimate of drug-likeness (QED) is 0.326. The van der Waals surface area contributed by atoms with Gasteiger partial charge in [-0.2, -0.15) is 0 Å². The highest BCUT2D eigenvalue weighted by molar-refractivity contribution is 7.22. The van der Waals surface area contributed by atoms with Gasteiger partial charge < -0.3 is 9.47 Å². The summed E-state index contributed by atoms with van der Waals surface area (Å²) in [5, 5.41) is 2.78. The highest BCUT2D eigenvalue weighted by Crippen LogP contribution is 2.32. The molecule has 2 heterocycles. The second-order valence-electron chi connectivity index (χ2n) is 7.43. The molecule has 0 aliphatic rings. The van der Waals surface area contributed by atoms with Crippen molar-refractivity contribution in [3.05, 3.63) is 90.8 Å². The first-order valence-electron chi connectivity index (χ1n) is 10.5. The summed E-state index contributed by atoms with van der Waals surface area (Å²) in [7, 11) is 1.62. The zero-order valence-corrected chi connectivity index (χ0v) is 18.8. The highest BCUT2D eigenvalue weighted by Gasteiger charge is 2.21. The Morgan fingerprint density at radius 3 is 2.58 bits per heavy atom. The molecule has 3 aromatic carbocycles. The second kappa shape index (κ2) is 9.26. The number of hydrogen-bond acceptors (Lipinski definition) is 6. The molecule has 0 N–H and O–H groups in total. The van der Waals surface area contributed by atoms with Gasteiger partial charge in [-0.15, -0.1) is 0 Å². The van der Waals surface area contributed by atoms with Crippen molar-refractivity contribution < 1.29 is 14.3 Å². The molecule has 0 radical (unpaired) electrons. The zero-order valence-electron chi connectivity index (χ0n) is 18.0. The molecule has 6 nitrogen and oxygen atoms in total. The zero-order chi connectivity index (χ0) is 22.6. The Morgan fingerprint density at radius 2 is 1.76 bits per heavy atom. The van der Waals surface area contributed by atoms with Crippen molar-refractivity contribution in [2.24, 2.45) is 0 Å². The van der Waals surface area contributed by atoms with Gasteiger partial charge in [0.2, 0.25) is 0 Å². The van der Waals surface area contributed by atoms with Gasteiger partial charge in [0.25, 0.3) is 5.91 Å². The summed E-state index contributed by atoms with van der Waals surface area (Å²) in [6.45, 7) is 0.197. The fraction of sp³-hybridized carbons (Fsp3) is 0.115. The van der Waals surface area contributed by atoms with Gasteiger partial charge in [0.05, 0.1) is 29.6 Å². The second-order valence-corrected chi connectivity index (χ2v) is 8.44. The van der Waals surface area contributed by atoms with Crippen LogP contribution in [0.3, 0.4) is 0 Å². The Balaban J connectivity index is 1.41. The molecule has 2 aromatic heterocycles. The lowest BCUT2D eigenvalue weighted by atomic mass is 10.1. The number of pyridine rings is 1. The topological polar surface area (TPSA) is 64.5 Å². The van der Waals surface area contributed by atoms with Crippen LogP contribution in [-0.2, 0) is 11.3 Å². The third-order valence-electron chi connectivity index (χ3n) is 5.24. The summed E-state index contributed by atoms with van der Waals surface area (Å²) in [4.78, 5) is 24.0. The van der Waals surface area contributed by atoms with Gasteiger partial charge in [-0.05, 0) is 47.2 Å². The van der Waals surface area contributed by atoms with E-state index < -0.39 is 0 Å². The van der Waals surface area contributed by atoms with E-state index in [-0.39, 0.29) is 12.5 Å². The summed E-state index contributed by atoms with van der Waals surface area (Å²) in [6, 6.07) is 25.2. The number of amides is 1. The minimum atomic E-state index is -0.195. The lowest BCUT2D eigenvalue weighted by Gasteiger charge is -2.19. The van der Waals surface area contributed by atoms with Crippen LogP contribution in [-0.4, -0.2) is 29.6 Å². The van der Waals surface area contributed by atoms with Gasteiger partial charge in [-0.25, -0.2) is 4.98 Å². The fourth-order valence-electron chi connectivity index (χ4n) is 3.53. The van der Waals surface area contributed by atoms with Crippen molar-refractivity contribution in [1.29, 1.82) is 0 Å². The lowest BCUT2D eigenvalue weighted by molar-refractivity contribution is -0.120. The van der Waals surface area contributed by atoms with E-state index in [1.807, 2.05) is 78.9 Å². The largest absolute Gasteiger partial charge is 0.497 e. The first-order valence-corrected chi connectivity index (χ1v) is 11.3. The van der Waals surface area contributed by atoms with Gasteiger partial charge in [0, 0.05) is 12.3 Å². The van der Waals surface area contributed by atoms with Crippen molar-refractivity contribution in [3.8, 4) is 11.5 Å². The van der Waals surface area contributed by atoms with E-state index in [4.69, 9.17) is 14.5 Å². The molecule has 7 heteroatoms. The van der Waals surface area contributed by atoms with Crippen molar-refractivity contribution in [3.63, 3.8) is 0 Å². The molecule has 0 saturated heterocycles. The number of rotatable bonds is 7. The molecule has 5 aromatic rings. The van der Waals surface area contributed by atoms with Gasteiger partial charge >= 0.3 is 0 Å². The molecule has 164 valence electrons. The number of aromatic nitrogens is 2. The average molecular weight is 456 g/mol. The van der Waals surface area contributed by atoms with Crippen LogP contribution in [0, 0.1) is 0 Å².